The van der Waals surface area contributed by atoms with Crippen LogP contribution in [0.4, 0.5) is 0 Å². The van der Waals surface area contributed by atoms with Gasteiger partial charge in [-0.1, -0.05) is 36.9 Å². The van der Waals surface area contributed by atoms with Crippen molar-refractivity contribution in [1.82, 2.24) is 19.1 Å². The molecule has 0 unspecified atom stereocenters. The first-order valence-electron chi connectivity index (χ1n) is 12.1. The van der Waals surface area contributed by atoms with Gasteiger partial charge in [0.1, 0.15) is 23.5 Å². The molecule has 0 spiro atoms. The monoisotopic (exact) mass is 501 g/mol. The molecule has 0 atom stereocenters. The van der Waals surface area contributed by atoms with E-state index in [4.69, 9.17) is 0 Å². The maximum Gasteiger partial charge on any atom is 0.141 e. The number of aromatic nitrogens is 4. The average molecular weight is 502 g/mol. The Labute approximate surface area is 224 Å². The summed E-state index contributed by atoms with van der Waals surface area (Å²) in [6.45, 7) is 5.81. The number of pyridine rings is 2. The number of hydrogen-bond donors (Lipinski definition) is 0. The fourth-order valence-electron chi connectivity index (χ4n) is 5.19. The first-order valence-corrected chi connectivity index (χ1v) is 12.1. The highest BCUT2D eigenvalue weighted by Gasteiger charge is 2.19. The van der Waals surface area contributed by atoms with Crippen molar-refractivity contribution in [2.75, 3.05) is 0 Å². The SMILES string of the molecule is C=C/C=C\c1c(C)c2cc(C#N)ncc2n1-c1cc(C#N)cc(-n2c3ccccc3c3cc(C#N)ncc32)c1. The van der Waals surface area contributed by atoms with E-state index in [0.717, 1.165) is 55.3 Å². The van der Waals surface area contributed by atoms with Gasteiger partial charge in [0.2, 0.25) is 0 Å². The maximum absolute atomic E-state index is 10.0. The number of nitriles is 3. The Kier molecular flexibility index (Phi) is 5.50. The summed E-state index contributed by atoms with van der Waals surface area (Å²) in [6.07, 6.45) is 8.92. The normalized spacial score (nSPS) is 11.1. The summed E-state index contributed by atoms with van der Waals surface area (Å²) in [6, 6.07) is 23.8. The van der Waals surface area contributed by atoms with Crippen LogP contribution in [0, 0.1) is 40.9 Å². The van der Waals surface area contributed by atoms with Gasteiger partial charge >= 0.3 is 0 Å². The van der Waals surface area contributed by atoms with Crippen molar-refractivity contribution < 1.29 is 0 Å². The van der Waals surface area contributed by atoms with Crippen molar-refractivity contribution in [2.24, 2.45) is 0 Å². The van der Waals surface area contributed by atoms with E-state index in [2.05, 4.69) is 39.3 Å². The molecule has 2 aromatic carbocycles. The van der Waals surface area contributed by atoms with E-state index in [1.165, 1.54) is 0 Å². The van der Waals surface area contributed by atoms with E-state index in [9.17, 15) is 15.8 Å². The lowest BCUT2D eigenvalue weighted by molar-refractivity contribution is 1.07. The molecular formula is C32H19N7. The van der Waals surface area contributed by atoms with Crippen LogP contribution in [0.1, 0.15) is 28.2 Å². The van der Waals surface area contributed by atoms with Crippen LogP contribution < -0.4 is 0 Å². The minimum absolute atomic E-state index is 0.336. The smallest absolute Gasteiger partial charge is 0.141 e. The Morgan fingerprint density at radius 2 is 1.38 bits per heavy atom. The van der Waals surface area contributed by atoms with E-state index in [0.29, 0.717) is 17.0 Å². The predicted octanol–water partition coefficient (Wildman–Crippen LogP) is 6.64. The Morgan fingerprint density at radius 3 is 2.05 bits per heavy atom. The van der Waals surface area contributed by atoms with Crippen molar-refractivity contribution in [2.45, 2.75) is 6.92 Å². The van der Waals surface area contributed by atoms with Gasteiger partial charge < -0.3 is 9.13 Å². The van der Waals surface area contributed by atoms with Crippen molar-refractivity contribution in [3.8, 4) is 29.6 Å². The molecule has 7 heteroatoms. The lowest BCUT2D eigenvalue weighted by Gasteiger charge is -2.14. The van der Waals surface area contributed by atoms with Crippen LogP contribution in [-0.2, 0) is 0 Å². The van der Waals surface area contributed by atoms with Gasteiger partial charge in [-0.25, -0.2) is 9.97 Å². The topological polar surface area (TPSA) is 107 Å². The zero-order chi connectivity index (χ0) is 27.1. The third kappa shape index (κ3) is 3.64. The molecule has 7 nitrogen and oxygen atoms in total. The lowest BCUT2D eigenvalue weighted by atomic mass is 10.1. The van der Waals surface area contributed by atoms with Crippen molar-refractivity contribution in [3.05, 3.63) is 114 Å². The van der Waals surface area contributed by atoms with Gasteiger partial charge in [-0.2, -0.15) is 15.8 Å². The van der Waals surface area contributed by atoms with E-state index in [1.54, 1.807) is 30.6 Å². The van der Waals surface area contributed by atoms with E-state index in [1.807, 2.05) is 66.1 Å². The van der Waals surface area contributed by atoms with Crippen LogP contribution in [0.25, 0.3) is 50.2 Å². The summed E-state index contributed by atoms with van der Waals surface area (Å²) in [4.78, 5) is 8.66. The van der Waals surface area contributed by atoms with Crippen LogP contribution in [-0.4, -0.2) is 19.1 Å². The maximum atomic E-state index is 10.0. The van der Waals surface area contributed by atoms with Gasteiger partial charge in [-0.05, 0) is 55.0 Å². The number of aryl methyl sites for hydroxylation is 1. The molecule has 4 aromatic heterocycles. The number of benzene rings is 2. The number of allylic oxidation sites excluding steroid dienone is 2. The standard InChI is InChI=1S/C32H19N7/c1-3-4-8-29-20(2)27-12-22(16-34)36-18-31(27)38(29)24-10-21(15-33)11-25(14-24)39-30-9-6-5-7-26(30)28-13-23(17-35)37-19-32(28)39/h3-14,18-19H,1H2,2H3/b8-4-. The van der Waals surface area contributed by atoms with Crippen LogP contribution in [0.5, 0.6) is 0 Å². The van der Waals surface area contributed by atoms with Crippen molar-refractivity contribution in [1.29, 1.82) is 15.8 Å². The summed E-state index contributed by atoms with van der Waals surface area (Å²) < 4.78 is 4.11. The molecule has 6 aromatic rings. The highest BCUT2D eigenvalue weighted by Crippen LogP contribution is 2.35. The molecule has 39 heavy (non-hydrogen) atoms. The van der Waals surface area contributed by atoms with E-state index in [-0.39, 0.29) is 0 Å². The van der Waals surface area contributed by atoms with Crippen LogP contribution in [0.3, 0.4) is 0 Å². The number of rotatable bonds is 4. The van der Waals surface area contributed by atoms with Gasteiger partial charge in [0.15, 0.2) is 0 Å². The zero-order valence-electron chi connectivity index (χ0n) is 20.9. The minimum atomic E-state index is 0.336. The number of para-hydroxylation sites is 1. The average Bonchev–Trinajstić information content (AvgIpc) is 3.46. The second kappa shape index (κ2) is 9.16. The highest BCUT2D eigenvalue weighted by atomic mass is 15.0. The first kappa shape index (κ1) is 23.4. The van der Waals surface area contributed by atoms with E-state index < -0.39 is 0 Å². The first-order chi connectivity index (χ1) is 19.1. The Hall–Kier alpha value is -5.97. The molecular weight excluding hydrogens is 482 g/mol. The zero-order valence-corrected chi connectivity index (χ0v) is 20.9. The Bertz CT molecular complexity index is 2140. The molecule has 0 saturated carbocycles. The Morgan fingerprint density at radius 1 is 0.744 bits per heavy atom. The fourth-order valence-corrected chi connectivity index (χ4v) is 5.19. The number of fused-ring (bicyclic) bond motifs is 4. The van der Waals surface area contributed by atoms with Crippen LogP contribution >= 0.6 is 0 Å². The van der Waals surface area contributed by atoms with Gasteiger partial charge in [-0.3, -0.25) is 0 Å². The van der Waals surface area contributed by atoms with Crippen LogP contribution in [0.2, 0.25) is 0 Å². The molecule has 0 aliphatic heterocycles. The third-order valence-corrected chi connectivity index (χ3v) is 6.88. The van der Waals surface area contributed by atoms with Gasteiger partial charge in [0, 0.05) is 33.2 Å². The molecule has 0 bridgehead atoms. The Balaban J connectivity index is 1.70. The number of hydrogen-bond acceptors (Lipinski definition) is 5. The molecule has 0 aliphatic rings. The largest absolute Gasteiger partial charge is 0.308 e. The lowest BCUT2D eigenvalue weighted by Crippen LogP contribution is -2.02. The van der Waals surface area contributed by atoms with Crippen LogP contribution in [0.15, 0.2) is 85.7 Å². The molecule has 0 N–H and O–H groups in total. The summed E-state index contributed by atoms with van der Waals surface area (Å²) in [5, 5.41) is 31.7. The fraction of sp³-hybridized carbons (Fsp3) is 0.0312. The molecule has 6 rings (SSSR count). The molecule has 0 aliphatic carbocycles. The summed E-state index contributed by atoms with van der Waals surface area (Å²) in [5.41, 5.74) is 7.17. The van der Waals surface area contributed by atoms with Gasteiger partial charge in [0.05, 0.1) is 40.6 Å². The van der Waals surface area contributed by atoms with E-state index >= 15 is 0 Å². The molecule has 182 valence electrons. The quantitative estimate of drug-likeness (QED) is 0.252. The van der Waals surface area contributed by atoms with Crippen molar-refractivity contribution >= 4 is 38.8 Å². The minimum Gasteiger partial charge on any atom is -0.308 e. The summed E-state index contributed by atoms with van der Waals surface area (Å²) in [5.74, 6) is 0. The molecule has 0 amide bonds. The summed E-state index contributed by atoms with van der Waals surface area (Å²) >= 11 is 0. The third-order valence-electron chi connectivity index (χ3n) is 6.88. The van der Waals surface area contributed by atoms with Gasteiger partial charge in [-0.15, -0.1) is 0 Å². The highest BCUT2D eigenvalue weighted by molar-refractivity contribution is 6.09. The molecule has 0 radical (unpaired) electrons. The predicted molar refractivity (Wildman–Crippen MR) is 151 cm³/mol. The molecule has 0 fully saturated rings. The summed E-state index contributed by atoms with van der Waals surface area (Å²) in [7, 11) is 0. The molecule has 4 heterocycles. The second-order valence-corrected chi connectivity index (χ2v) is 9.04. The van der Waals surface area contributed by atoms with Crippen molar-refractivity contribution in [3.63, 3.8) is 0 Å². The van der Waals surface area contributed by atoms with Gasteiger partial charge in [0.25, 0.3) is 0 Å². The second-order valence-electron chi connectivity index (χ2n) is 9.04. The molecule has 0 saturated heterocycles. The number of nitrogens with zero attached hydrogens (tertiary/aromatic N) is 7.